The molecule has 0 heterocycles. The molecular formula is C34H52O6. The molecule has 0 amide bonds. The summed E-state index contributed by atoms with van der Waals surface area (Å²) in [6.07, 6.45) is 11.8. The number of aliphatic carboxylic acids is 1. The molecule has 0 spiro atoms. The zero-order valence-corrected chi connectivity index (χ0v) is 26.3. The smallest absolute Gasteiger partial charge is 0.306 e. The third-order valence-electron chi connectivity index (χ3n) is 12.4. The molecule has 40 heavy (non-hydrogen) atoms. The van der Waals surface area contributed by atoms with Crippen LogP contribution in [-0.2, 0) is 23.9 Å². The van der Waals surface area contributed by atoms with Crippen molar-refractivity contribution in [2.24, 2.45) is 45.3 Å². The number of carbonyl (C=O) groups is 3. The fraction of sp³-hybridized carbons (Fsp3) is 0.794. The SMILES string of the molecule is CC(=O)O[C@@H](CCC(C)C(=O)O)C(C)[C@H]1CC[C@@]2(C)C3=CCC4C(C)(C)[C@H](OC(C)=O)CC[C@]4(C)C3=CC[C@]12C. The largest absolute Gasteiger partial charge is 0.481 e. The van der Waals surface area contributed by atoms with Crippen molar-refractivity contribution >= 4 is 17.9 Å². The lowest BCUT2D eigenvalue weighted by atomic mass is 9.44. The average molecular weight is 557 g/mol. The topological polar surface area (TPSA) is 89.9 Å². The van der Waals surface area contributed by atoms with E-state index >= 15 is 0 Å². The Morgan fingerprint density at radius 1 is 0.950 bits per heavy atom. The van der Waals surface area contributed by atoms with Crippen LogP contribution in [0.5, 0.6) is 0 Å². The third kappa shape index (κ3) is 4.85. The summed E-state index contributed by atoms with van der Waals surface area (Å²) in [6, 6.07) is 0. The van der Waals surface area contributed by atoms with Crippen molar-refractivity contribution in [1.82, 2.24) is 0 Å². The van der Waals surface area contributed by atoms with Gasteiger partial charge in [-0.05, 0) is 96.5 Å². The fourth-order valence-electron chi connectivity index (χ4n) is 9.71. The minimum absolute atomic E-state index is 0.0201. The molecule has 6 heteroatoms. The molecule has 2 saturated carbocycles. The molecule has 4 rings (SSSR count). The van der Waals surface area contributed by atoms with Crippen LogP contribution in [0, 0.1) is 45.3 Å². The van der Waals surface area contributed by atoms with Gasteiger partial charge < -0.3 is 14.6 Å². The number of fused-ring (bicyclic) bond motifs is 5. The maximum absolute atomic E-state index is 12.1. The Hall–Kier alpha value is -2.11. The predicted molar refractivity (Wildman–Crippen MR) is 155 cm³/mol. The zero-order valence-electron chi connectivity index (χ0n) is 26.3. The van der Waals surface area contributed by atoms with Gasteiger partial charge in [-0.3, -0.25) is 14.4 Å². The molecule has 0 radical (unpaired) electrons. The quantitative estimate of drug-likeness (QED) is 0.311. The lowest BCUT2D eigenvalue weighted by molar-refractivity contribution is -0.165. The average Bonchev–Trinajstić information content (AvgIpc) is 3.13. The van der Waals surface area contributed by atoms with Gasteiger partial charge in [0.1, 0.15) is 12.2 Å². The lowest BCUT2D eigenvalue weighted by Crippen LogP contribution is -2.55. The number of hydrogen-bond acceptors (Lipinski definition) is 5. The first-order valence-electron chi connectivity index (χ1n) is 15.5. The highest BCUT2D eigenvalue weighted by atomic mass is 16.5. The van der Waals surface area contributed by atoms with Crippen LogP contribution < -0.4 is 0 Å². The standard InChI is InChI=1S/C34H52O6/c1-20(30(37)38)10-12-27(39-22(3)35)21(2)24-14-18-34(9)26-11-13-28-31(5,6)29(40-23(4)36)16-17-32(28,7)25(26)15-19-33(24,34)8/h11,15,20-21,24,27-29H,10,12-14,16-19H2,1-9H3,(H,37,38)/t20?,21?,24-,27+,28?,29-,32-,33-,34+/m1/s1. The van der Waals surface area contributed by atoms with Gasteiger partial charge in [-0.2, -0.15) is 0 Å². The van der Waals surface area contributed by atoms with Gasteiger partial charge in [0.2, 0.25) is 0 Å². The molecule has 0 aliphatic heterocycles. The predicted octanol–water partition coefficient (Wildman–Crippen LogP) is 7.51. The fourth-order valence-corrected chi connectivity index (χ4v) is 9.71. The lowest BCUT2D eigenvalue weighted by Gasteiger charge is -2.61. The second kappa shape index (κ2) is 10.6. The van der Waals surface area contributed by atoms with Gasteiger partial charge in [-0.15, -0.1) is 0 Å². The number of esters is 2. The highest BCUT2D eigenvalue weighted by Gasteiger charge is 2.64. The molecule has 0 aromatic carbocycles. The highest BCUT2D eigenvalue weighted by Crippen LogP contribution is 2.72. The molecule has 0 bridgehead atoms. The van der Waals surface area contributed by atoms with Gasteiger partial charge in [0.15, 0.2) is 0 Å². The number of carboxylic acids is 1. The number of ether oxygens (including phenoxy) is 2. The normalized spacial score (nSPS) is 38.4. The van der Waals surface area contributed by atoms with Crippen LogP contribution in [0.15, 0.2) is 23.3 Å². The highest BCUT2D eigenvalue weighted by molar-refractivity contribution is 5.69. The van der Waals surface area contributed by atoms with E-state index in [4.69, 9.17) is 9.47 Å². The molecule has 0 aromatic heterocycles. The number of carbonyl (C=O) groups excluding carboxylic acids is 2. The maximum atomic E-state index is 12.1. The molecule has 6 nitrogen and oxygen atoms in total. The summed E-state index contributed by atoms with van der Waals surface area (Å²) < 4.78 is 11.7. The van der Waals surface area contributed by atoms with E-state index in [1.54, 1.807) is 6.92 Å². The van der Waals surface area contributed by atoms with Crippen molar-refractivity contribution in [3.8, 4) is 0 Å². The first-order valence-corrected chi connectivity index (χ1v) is 15.5. The summed E-state index contributed by atoms with van der Waals surface area (Å²) in [7, 11) is 0. The van der Waals surface area contributed by atoms with E-state index in [2.05, 4.69) is 53.7 Å². The Morgan fingerprint density at radius 3 is 2.23 bits per heavy atom. The van der Waals surface area contributed by atoms with E-state index in [9.17, 15) is 19.5 Å². The van der Waals surface area contributed by atoms with Crippen LogP contribution >= 0.6 is 0 Å². The first kappa shape index (κ1) is 30.8. The monoisotopic (exact) mass is 556 g/mol. The summed E-state index contributed by atoms with van der Waals surface area (Å²) in [6.45, 7) is 18.8. The summed E-state index contributed by atoms with van der Waals surface area (Å²) in [4.78, 5) is 35.4. The van der Waals surface area contributed by atoms with E-state index in [1.165, 1.54) is 25.0 Å². The zero-order chi connectivity index (χ0) is 29.8. The van der Waals surface area contributed by atoms with Crippen LogP contribution in [-0.4, -0.2) is 35.2 Å². The molecule has 4 aliphatic rings. The van der Waals surface area contributed by atoms with E-state index < -0.39 is 11.9 Å². The van der Waals surface area contributed by atoms with Crippen LogP contribution in [0.3, 0.4) is 0 Å². The Kier molecular flexibility index (Phi) is 8.19. The summed E-state index contributed by atoms with van der Waals surface area (Å²) in [5, 5.41) is 9.41. The van der Waals surface area contributed by atoms with Gasteiger partial charge in [-0.1, -0.05) is 60.6 Å². The molecule has 1 N–H and O–H groups in total. The van der Waals surface area contributed by atoms with Crippen LogP contribution in [0.2, 0.25) is 0 Å². The van der Waals surface area contributed by atoms with Gasteiger partial charge in [0, 0.05) is 19.3 Å². The van der Waals surface area contributed by atoms with Crippen molar-refractivity contribution in [2.45, 2.75) is 126 Å². The van der Waals surface area contributed by atoms with Crippen LogP contribution in [0.4, 0.5) is 0 Å². The van der Waals surface area contributed by atoms with Crippen molar-refractivity contribution in [2.75, 3.05) is 0 Å². The van der Waals surface area contributed by atoms with Crippen molar-refractivity contribution < 1.29 is 29.0 Å². The van der Waals surface area contributed by atoms with E-state index in [0.717, 1.165) is 38.5 Å². The van der Waals surface area contributed by atoms with Crippen molar-refractivity contribution in [1.29, 1.82) is 0 Å². The molecule has 3 unspecified atom stereocenters. The van der Waals surface area contributed by atoms with Crippen molar-refractivity contribution in [3.05, 3.63) is 23.3 Å². The molecule has 2 fully saturated rings. The van der Waals surface area contributed by atoms with E-state index in [1.807, 2.05) is 0 Å². The number of hydrogen-bond donors (Lipinski definition) is 1. The second-order valence-corrected chi connectivity index (χ2v) is 14.8. The van der Waals surface area contributed by atoms with E-state index in [-0.39, 0.29) is 51.7 Å². The Labute approximate surface area is 241 Å². The minimum Gasteiger partial charge on any atom is -0.481 e. The Morgan fingerprint density at radius 2 is 1.62 bits per heavy atom. The Bertz CT molecular complexity index is 1100. The number of rotatable bonds is 8. The van der Waals surface area contributed by atoms with Gasteiger partial charge in [-0.25, -0.2) is 0 Å². The molecule has 0 saturated heterocycles. The number of allylic oxidation sites excluding steroid dienone is 4. The van der Waals surface area contributed by atoms with Crippen LogP contribution in [0.25, 0.3) is 0 Å². The molecule has 224 valence electrons. The van der Waals surface area contributed by atoms with Gasteiger partial charge in [0.05, 0.1) is 5.92 Å². The first-order chi connectivity index (χ1) is 18.5. The second-order valence-electron chi connectivity index (χ2n) is 14.8. The summed E-state index contributed by atoms with van der Waals surface area (Å²) >= 11 is 0. The minimum atomic E-state index is -0.805. The molecule has 9 atom stereocenters. The summed E-state index contributed by atoms with van der Waals surface area (Å²) in [5.41, 5.74) is 3.01. The van der Waals surface area contributed by atoms with E-state index in [0.29, 0.717) is 24.7 Å². The van der Waals surface area contributed by atoms with Gasteiger partial charge in [0.25, 0.3) is 0 Å². The third-order valence-corrected chi connectivity index (χ3v) is 12.4. The Balaban J connectivity index is 1.63. The van der Waals surface area contributed by atoms with Gasteiger partial charge >= 0.3 is 17.9 Å². The molecule has 0 aromatic rings. The maximum Gasteiger partial charge on any atom is 0.306 e. The molecule has 4 aliphatic carbocycles. The summed E-state index contributed by atoms with van der Waals surface area (Å²) in [5.74, 6) is -0.847. The van der Waals surface area contributed by atoms with Crippen LogP contribution in [0.1, 0.15) is 114 Å². The van der Waals surface area contributed by atoms with Crippen molar-refractivity contribution in [3.63, 3.8) is 0 Å². The molecular weight excluding hydrogens is 504 g/mol. The number of carboxylic acid groups (broad SMARTS) is 1.